The number of hydrogen-bond acceptors (Lipinski definition) is 6. The maximum atomic E-state index is 13.6. The second kappa shape index (κ2) is 10.9. The van der Waals surface area contributed by atoms with Crippen molar-refractivity contribution in [1.82, 2.24) is 14.7 Å². The molecule has 2 aromatic rings. The number of fused-ring (bicyclic) bond motifs is 1. The van der Waals surface area contributed by atoms with Crippen LogP contribution in [0, 0.1) is 5.92 Å². The number of nitrogens with zero attached hydrogens (tertiary/aromatic N) is 3. The van der Waals surface area contributed by atoms with Gasteiger partial charge in [-0.05, 0) is 49.4 Å². The molecule has 8 nitrogen and oxygen atoms in total. The monoisotopic (exact) mass is 504 g/mol. The van der Waals surface area contributed by atoms with Crippen LogP contribution < -0.4 is 10.1 Å². The van der Waals surface area contributed by atoms with Gasteiger partial charge in [0.1, 0.15) is 5.75 Å². The number of methoxy groups -OCH3 is 1. The molecule has 0 saturated carbocycles. The molecule has 196 valence electrons. The predicted octanol–water partition coefficient (Wildman–Crippen LogP) is 2.64. The Kier molecular flexibility index (Phi) is 7.46. The van der Waals surface area contributed by atoms with Gasteiger partial charge in [-0.2, -0.15) is 0 Å². The average Bonchev–Trinajstić information content (AvgIpc) is 3.35. The molecule has 5 rings (SSSR count). The third-order valence-corrected chi connectivity index (χ3v) is 8.06. The Hall–Kier alpha value is -3.39. The molecule has 3 aliphatic heterocycles. The molecule has 2 amide bonds. The number of piperidine rings is 1. The van der Waals surface area contributed by atoms with Crippen molar-refractivity contribution >= 4 is 23.3 Å². The van der Waals surface area contributed by atoms with Gasteiger partial charge in [0.25, 0.3) is 11.8 Å². The van der Waals surface area contributed by atoms with E-state index in [2.05, 4.69) is 34.5 Å². The van der Waals surface area contributed by atoms with Gasteiger partial charge in [0.05, 0.1) is 18.6 Å². The van der Waals surface area contributed by atoms with Crippen LogP contribution in [0.3, 0.4) is 0 Å². The molecule has 1 atom stereocenters. The summed E-state index contributed by atoms with van der Waals surface area (Å²) in [6.07, 6.45) is 2.94. The maximum absolute atomic E-state index is 13.6. The Balaban J connectivity index is 1.28. The molecule has 3 aliphatic rings. The van der Waals surface area contributed by atoms with E-state index in [-0.39, 0.29) is 5.91 Å². The first kappa shape index (κ1) is 25.3. The Morgan fingerprint density at radius 3 is 2.32 bits per heavy atom. The van der Waals surface area contributed by atoms with Crippen molar-refractivity contribution in [2.45, 2.75) is 25.2 Å². The highest BCUT2D eigenvalue weighted by Gasteiger charge is 2.37. The normalized spacial score (nSPS) is 20.3. The summed E-state index contributed by atoms with van der Waals surface area (Å²) in [6.45, 7) is 4.37. The molecule has 0 aromatic heterocycles. The summed E-state index contributed by atoms with van der Waals surface area (Å²) in [5, 5.41) is 3.24. The standard InChI is InChI=1S/C29H36N4O4/c1-31-12-14-33(15-13-31)29(36)27(34)24-19-30-25-18-26(37-2)23(17-22(24)25)28(35)32-10-8-21(9-11-32)16-20-6-4-3-5-7-20/h3-7,17-18,21,24,30H,8-16,19H2,1-2H3. The largest absolute Gasteiger partial charge is 0.496 e. The van der Waals surface area contributed by atoms with Gasteiger partial charge in [-0.1, -0.05) is 30.3 Å². The van der Waals surface area contributed by atoms with E-state index in [1.165, 1.54) is 5.56 Å². The smallest absolute Gasteiger partial charge is 0.290 e. The van der Waals surface area contributed by atoms with Crippen molar-refractivity contribution in [2.24, 2.45) is 5.92 Å². The van der Waals surface area contributed by atoms with Crippen LogP contribution >= 0.6 is 0 Å². The van der Waals surface area contributed by atoms with Gasteiger partial charge in [0.15, 0.2) is 0 Å². The third-order valence-electron chi connectivity index (χ3n) is 8.06. The summed E-state index contributed by atoms with van der Waals surface area (Å²) in [6, 6.07) is 14.1. The van der Waals surface area contributed by atoms with Crippen LogP contribution in [0.25, 0.3) is 0 Å². The fourth-order valence-electron chi connectivity index (χ4n) is 5.70. The number of nitrogens with one attached hydrogen (secondary N) is 1. The van der Waals surface area contributed by atoms with Gasteiger partial charge in [-0.3, -0.25) is 14.4 Å². The van der Waals surface area contributed by atoms with E-state index < -0.39 is 17.6 Å². The molecule has 0 spiro atoms. The van der Waals surface area contributed by atoms with E-state index in [9.17, 15) is 14.4 Å². The molecule has 2 aromatic carbocycles. The number of amides is 2. The Morgan fingerprint density at radius 2 is 1.65 bits per heavy atom. The summed E-state index contributed by atoms with van der Waals surface area (Å²) in [5.74, 6) is -0.489. The van der Waals surface area contributed by atoms with Crippen LogP contribution in [0.4, 0.5) is 5.69 Å². The minimum Gasteiger partial charge on any atom is -0.496 e. The minimum absolute atomic E-state index is 0.0821. The van der Waals surface area contributed by atoms with Crippen molar-refractivity contribution in [2.75, 3.05) is 65.3 Å². The summed E-state index contributed by atoms with van der Waals surface area (Å²) >= 11 is 0. The number of carbonyl (C=O) groups excluding carboxylic acids is 3. The number of piperazine rings is 1. The molecule has 1 N–H and O–H groups in total. The predicted molar refractivity (Wildman–Crippen MR) is 142 cm³/mol. The number of likely N-dealkylation sites (N-methyl/N-ethyl adjacent to an activating group) is 1. The topological polar surface area (TPSA) is 82.2 Å². The number of carbonyl (C=O) groups is 3. The SMILES string of the molecule is COc1cc2c(cc1C(=O)N1CCC(Cc3ccccc3)CC1)C(C(=O)C(=O)N1CCN(C)CC1)CN2. The van der Waals surface area contributed by atoms with Crippen LogP contribution in [0.5, 0.6) is 5.75 Å². The highest BCUT2D eigenvalue weighted by molar-refractivity contribution is 6.38. The summed E-state index contributed by atoms with van der Waals surface area (Å²) in [7, 11) is 3.57. The van der Waals surface area contributed by atoms with Gasteiger partial charge >= 0.3 is 0 Å². The molecule has 0 radical (unpaired) electrons. The summed E-state index contributed by atoms with van der Waals surface area (Å²) in [5.41, 5.74) is 3.24. The maximum Gasteiger partial charge on any atom is 0.290 e. The number of likely N-dealkylation sites (tertiary alicyclic amines) is 1. The lowest BCUT2D eigenvalue weighted by Crippen LogP contribution is -2.50. The number of ether oxygens (including phenoxy) is 1. The van der Waals surface area contributed by atoms with Crippen molar-refractivity contribution in [3.63, 3.8) is 0 Å². The lowest BCUT2D eigenvalue weighted by Gasteiger charge is -2.33. The second-order valence-electron chi connectivity index (χ2n) is 10.5. The Labute approximate surface area is 218 Å². The van der Waals surface area contributed by atoms with Crippen molar-refractivity contribution in [3.05, 3.63) is 59.2 Å². The van der Waals surface area contributed by atoms with E-state index in [0.717, 1.165) is 38.0 Å². The number of ketones is 1. The minimum atomic E-state index is -0.601. The molecule has 37 heavy (non-hydrogen) atoms. The number of rotatable bonds is 6. The fourth-order valence-corrected chi connectivity index (χ4v) is 5.70. The zero-order chi connectivity index (χ0) is 25.9. The molecule has 1 unspecified atom stereocenters. The average molecular weight is 505 g/mol. The van der Waals surface area contributed by atoms with Gasteiger partial charge in [0, 0.05) is 57.6 Å². The summed E-state index contributed by atoms with van der Waals surface area (Å²) in [4.78, 5) is 45.5. The van der Waals surface area contributed by atoms with Crippen LogP contribution in [0.15, 0.2) is 42.5 Å². The highest BCUT2D eigenvalue weighted by Crippen LogP contribution is 2.38. The van der Waals surface area contributed by atoms with Crippen LogP contribution in [0.2, 0.25) is 0 Å². The molecule has 3 heterocycles. The van der Waals surface area contributed by atoms with Gasteiger partial charge in [-0.15, -0.1) is 0 Å². The molecular weight excluding hydrogens is 468 g/mol. The van der Waals surface area contributed by atoms with E-state index in [0.29, 0.717) is 55.5 Å². The number of Topliss-reactive ketones (excluding diaryl/α,β-unsaturated/α-hetero) is 1. The lowest BCUT2D eigenvalue weighted by atomic mass is 9.89. The van der Waals surface area contributed by atoms with Gasteiger partial charge in [-0.25, -0.2) is 0 Å². The summed E-state index contributed by atoms with van der Waals surface area (Å²) < 4.78 is 5.58. The second-order valence-corrected chi connectivity index (χ2v) is 10.5. The Morgan fingerprint density at radius 1 is 0.946 bits per heavy atom. The fraction of sp³-hybridized carbons (Fsp3) is 0.483. The van der Waals surface area contributed by atoms with Crippen LogP contribution in [0.1, 0.15) is 40.2 Å². The number of hydrogen-bond donors (Lipinski definition) is 1. The third kappa shape index (κ3) is 5.34. The molecular formula is C29H36N4O4. The molecule has 2 saturated heterocycles. The highest BCUT2D eigenvalue weighted by atomic mass is 16.5. The molecule has 0 aliphatic carbocycles. The van der Waals surface area contributed by atoms with Gasteiger partial charge in [0.2, 0.25) is 5.78 Å². The first-order valence-corrected chi connectivity index (χ1v) is 13.2. The van der Waals surface area contributed by atoms with E-state index in [1.807, 2.05) is 18.0 Å². The van der Waals surface area contributed by atoms with Crippen molar-refractivity contribution in [3.8, 4) is 5.75 Å². The molecule has 2 fully saturated rings. The van der Waals surface area contributed by atoms with Gasteiger partial charge < -0.3 is 24.8 Å². The zero-order valence-electron chi connectivity index (χ0n) is 21.7. The van der Waals surface area contributed by atoms with E-state index in [1.54, 1.807) is 24.1 Å². The quantitative estimate of drug-likeness (QED) is 0.609. The van der Waals surface area contributed by atoms with Crippen LogP contribution in [-0.4, -0.2) is 92.3 Å². The Bertz CT molecular complexity index is 1150. The van der Waals surface area contributed by atoms with E-state index >= 15 is 0 Å². The van der Waals surface area contributed by atoms with Crippen LogP contribution in [-0.2, 0) is 16.0 Å². The van der Waals surface area contributed by atoms with E-state index in [4.69, 9.17) is 4.74 Å². The molecule has 0 bridgehead atoms. The number of anilines is 1. The number of benzene rings is 2. The van der Waals surface area contributed by atoms with Crippen molar-refractivity contribution in [1.29, 1.82) is 0 Å². The lowest BCUT2D eigenvalue weighted by molar-refractivity contribution is -0.146. The first-order chi connectivity index (χ1) is 17.9. The zero-order valence-corrected chi connectivity index (χ0v) is 21.7. The first-order valence-electron chi connectivity index (χ1n) is 13.2. The molecule has 8 heteroatoms. The van der Waals surface area contributed by atoms with Crippen molar-refractivity contribution < 1.29 is 19.1 Å².